The second-order valence-corrected chi connectivity index (χ2v) is 27.1. The number of carbonyl (C=O) groups is 14. The van der Waals surface area contributed by atoms with E-state index in [4.69, 9.17) is 16.2 Å². The molecule has 13 atom stereocenters. The van der Waals surface area contributed by atoms with Crippen LogP contribution in [0.4, 0.5) is 0 Å². The number of hydrogen-bond acceptors (Lipinski definition) is 19. The number of benzene rings is 2. The zero-order valence-corrected chi connectivity index (χ0v) is 60.4. The van der Waals surface area contributed by atoms with Crippen LogP contribution in [0.15, 0.2) is 48.5 Å². The summed E-state index contributed by atoms with van der Waals surface area (Å²) in [5.74, 6) is -15.4. The number of nitrogens with two attached hydrogens (primary N) is 2. The van der Waals surface area contributed by atoms with Crippen LogP contribution in [0, 0.1) is 5.92 Å². The summed E-state index contributed by atoms with van der Waals surface area (Å²) in [5.41, 5.74) is 12.0. The molecule has 3 aliphatic heterocycles. The fourth-order valence-electron chi connectivity index (χ4n) is 12.1. The maximum absolute atomic E-state index is 14.8. The topological polar surface area (TPSA) is 513 Å². The number of ether oxygens (including phenoxy) is 1. The van der Waals surface area contributed by atoms with Gasteiger partial charge in [-0.2, -0.15) is 0 Å². The molecule has 0 radical (unpaired) electrons. The van der Waals surface area contributed by atoms with Crippen LogP contribution in [0.25, 0.3) is 0 Å². The van der Waals surface area contributed by atoms with E-state index in [9.17, 15) is 92.7 Å². The number of unbranched alkanes of at least 4 members (excludes halogenated alkanes) is 10. The van der Waals surface area contributed by atoms with Crippen molar-refractivity contribution in [3.8, 4) is 11.5 Å². The van der Waals surface area contributed by atoms with Crippen molar-refractivity contribution in [1.82, 2.24) is 52.8 Å². The molecule has 0 saturated carbocycles. The molecular formula is C72H110N12O20. The number of fused-ring (bicyclic) bond motifs is 23. The van der Waals surface area contributed by atoms with E-state index in [-0.39, 0.29) is 62.3 Å². The summed E-state index contributed by atoms with van der Waals surface area (Å²) in [6.45, 7) is 7.83. The lowest BCUT2D eigenvalue weighted by molar-refractivity contribution is -0.143. The Hall–Kier alpha value is -9.30. The van der Waals surface area contributed by atoms with Crippen molar-refractivity contribution in [2.45, 2.75) is 274 Å². The standard InChI is InChI=1S/C72H110N12O20/c1-6-8-9-10-11-12-13-14-15-16-17-20-48(87)41-58(89)76-51(32-35-59(90)91)65(96)77-50(21-18-37-73)64(95)80-55-40-46-25-29-49(30-26-46)104-72(103)61(42(3)7-2)82-67(98)54(39-45-23-27-47(86)28-24-45)81-66(97)52(31-34-57(74)88)78-69(100)56-22-19-38-84(56)71(102)43(4)75-63(94)53(33-36-60(92)93)79-70(101)62(44(5)85)83-68(55)99/h23-30,42-44,48,50-56,61-62,85-87H,6-22,31-41,73H2,1-5H3,(H2,74,88)(H,75,94)(H,76,89)(H,77,96)(H,78,100)(H,79,101)(H,80,95)(H,81,97)(H,82,98)(H,83,99)(H,90,91)(H,92,93)/t42-,43-,44+,48-,50+,51-,52-,53-,54+,55-,56-,61-,62+/m0/s1. The van der Waals surface area contributed by atoms with Gasteiger partial charge in [0.2, 0.25) is 65.0 Å². The molecule has 0 spiro atoms. The van der Waals surface area contributed by atoms with Gasteiger partial charge in [-0.3, -0.25) is 62.3 Å². The van der Waals surface area contributed by atoms with E-state index in [1.165, 1.54) is 87.6 Å². The number of carbonyl (C=O) groups excluding carboxylic acids is 12. The van der Waals surface area contributed by atoms with Crippen molar-refractivity contribution >= 4 is 82.9 Å². The maximum Gasteiger partial charge on any atom is 0.334 e. The molecule has 0 unspecified atom stereocenters. The van der Waals surface area contributed by atoms with Crippen LogP contribution in [-0.2, 0) is 80.0 Å². The van der Waals surface area contributed by atoms with E-state index < -0.39 is 213 Å². The summed E-state index contributed by atoms with van der Waals surface area (Å²) < 4.78 is 5.82. The lowest BCUT2D eigenvalue weighted by Gasteiger charge is -2.30. The molecule has 104 heavy (non-hydrogen) atoms. The fraction of sp³-hybridized carbons (Fsp3) is 0.639. The third-order valence-electron chi connectivity index (χ3n) is 18.4. The molecule has 5 rings (SSSR count). The summed E-state index contributed by atoms with van der Waals surface area (Å²) in [5, 5.41) is 74.1. The number of aromatic hydroxyl groups is 1. The lowest BCUT2D eigenvalue weighted by atomic mass is 9.97. The van der Waals surface area contributed by atoms with Crippen molar-refractivity contribution in [3.63, 3.8) is 0 Å². The van der Waals surface area contributed by atoms with E-state index in [1.54, 1.807) is 13.8 Å². The number of rotatable bonds is 36. The number of phenols is 1. The molecule has 3 aliphatic rings. The molecule has 2 bridgehead atoms. The van der Waals surface area contributed by atoms with E-state index in [1.807, 2.05) is 0 Å². The first-order valence-corrected chi connectivity index (χ1v) is 36.3. The number of esters is 1. The SMILES string of the molecule is CCCCCCCCCCCCC[C@H](O)CC(=O)N[C@@H](CCC(=O)O)C(=O)N[C@H](CCCN)C(=O)N[C@H]1Cc2ccc(cc2)OC(=O)[C@H]([C@@H](C)CC)NC(=O)[C@@H](Cc2ccc(O)cc2)NC(=O)[C@H](CCC(N)=O)NC(=O)[C@@H]2CCCN2C(=O)[C@H](C)NC(=O)[C@H](CCC(=O)O)NC(=O)[C@@H]([C@@H](C)O)NC1=O. The Morgan fingerprint density at radius 1 is 0.615 bits per heavy atom. The number of carboxylic acid groups (broad SMARTS) is 2. The number of aliphatic hydroxyl groups excluding tert-OH is 2. The van der Waals surface area contributed by atoms with Crippen molar-refractivity contribution in [2.75, 3.05) is 13.1 Å². The molecule has 32 nitrogen and oxygen atoms in total. The van der Waals surface area contributed by atoms with Gasteiger partial charge in [-0.25, -0.2) is 4.79 Å². The van der Waals surface area contributed by atoms with E-state index in [2.05, 4.69) is 54.8 Å². The van der Waals surface area contributed by atoms with Crippen molar-refractivity contribution in [3.05, 3.63) is 59.7 Å². The Labute approximate surface area is 606 Å². The van der Waals surface area contributed by atoms with Crippen molar-refractivity contribution in [2.24, 2.45) is 17.4 Å². The van der Waals surface area contributed by atoms with Gasteiger partial charge in [0.15, 0.2) is 0 Å². The molecule has 1 saturated heterocycles. The van der Waals surface area contributed by atoms with Gasteiger partial charge in [0, 0.05) is 38.6 Å². The van der Waals surface area contributed by atoms with Crippen LogP contribution in [0.2, 0.25) is 0 Å². The number of hydrogen-bond donors (Lipinski definition) is 16. The first-order valence-electron chi connectivity index (χ1n) is 36.3. The number of nitrogens with one attached hydrogen (secondary N) is 9. The zero-order chi connectivity index (χ0) is 77.0. The summed E-state index contributed by atoms with van der Waals surface area (Å²) in [4.78, 5) is 195. The minimum atomic E-state index is -1.98. The Morgan fingerprint density at radius 3 is 1.76 bits per heavy atom. The van der Waals surface area contributed by atoms with Gasteiger partial charge in [-0.1, -0.05) is 122 Å². The van der Waals surface area contributed by atoms with Crippen LogP contribution < -0.4 is 64.1 Å². The van der Waals surface area contributed by atoms with Crippen molar-refractivity contribution < 1.29 is 97.4 Å². The number of aliphatic carboxylic acids is 2. The Kier molecular flexibility index (Phi) is 38.3. The maximum atomic E-state index is 14.8. The minimum absolute atomic E-state index is 0.0222. The van der Waals surface area contributed by atoms with Crippen LogP contribution in [0.5, 0.6) is 11.5 Å². The Bertz CT molecular complexity index is 3190. The molecule has 2 aromatic carbocycles. The predicted octanol–water partition coefficient (Wildman–Crippen LogP) is 1.08. The molecular weight excluding hydrogens is 1350 g/mol. The summed E-state index contributed by atoms with van der Waals surface area (Å²) in [6, 6.07) is -4.87. The van der Waals surface area contributed by atoms with Gasteiger partial charge in [0.25, 0.3) is 0 Å². The molecule has 578 valence electrons. The van der Waals surface area contributed by atoms with Crippen LogP contribution in [-0.4, -0.2) is 199 Å². The highest BCUT2D eigenvalue weighted by molar-refractivity contribution is 5.99. The lowest BCUT2D eigenvalue weighted by Crippen LogP contribution is -2.62. The highest BCUT2D eigenvalue weighted by Crippen LogP contribution is 2.23. The monoisotopic (exact) mass is 1460 g/mol. The average molecular weight is 1460 g/mol. The molecule has 0 aromatic heterocycles. The largest absolute Gasteiger partial charge is 0.508 e. The van der Waals surface area contributed by atoms with E-state index in [0.717, 1.165) is 43.9 Å². The van der Waals surface area contributed by atoms with Gasteiger partial charge >= 0.3 is 17.9 Å². The van der Waals surface area contributed by atoms with Gasteiger partial charge in [0.1, 0.15) is 71.9 Å². The number of amides is 11. The molecule has 1 fully saturated rings. The number of carboxylic acids is 2. The predicted molar refractivity (Wildman–Crippen MR) is 379 cm³/mol. The second kappa shape index (κ2) is 45.7. The van der Waals surface area contributed by atoms with Crippen molar-refractivity contribution in [1.29, 1.82) is 0 Å². The number of nitrogens with zero attached hydrogens (tertiary/aromatic N) is 1. The molecule has 18 N–H and O–H groups in total. The number of primary amides is 1. The molecule has 3 heterocycles. The van der Waals surface area contributed by atoms with E-state index in [0.29, 0.717) is 24.8 Å². The molecule has 0 aliphatic carbocycles. The van der Waals surface area contributed by atoms with Crippen LogP contribution in [0.1, 0.15) is 200 Å². The highest BCUT2D eigenvalue weighted by Gasteiger charge is 2.41. The zero-order valence-electron chi connectivity index (χ0n) is 60.4. The molecule has 2 aromatic rings. The highest BCUT2D eigenvalue weighted by atomic mass is 16.5. The first kappa shape index (κ1) is 87.1. The van der Waals surface area contributed by atoms with E-state index >= 15 is 0 Å². The van der Waals surface area contributed by atoms with Crippen LogP contribution >= 0.6 is 0 Å². The molecule has 32 heteroatoms. The van der Waals surface area contributed by atoms with Gasteiger partial charge in [-0.05, 0) is 113 Å². The third kappa shape index (κ3) is 31.0. The Balaban J connectivity index is 1.75. The second-order valence-electron chi connectivity index (χ2n) is 27.1. The summed E-state index contributed by atoms with van der Waals surface area (Å²) >= 11 is 0. The summed E-state index contributed by atoms with van der Waals surface area (Å²) in [7, 11) is 0. The van der Waals surface area contributed by atoms with Gasteiger partial charge in [0.05, 0.1) is 18.6 Å². The summed E-state index contributed by atoms with van der Waals surface area (Å²) in [6.07, 6.45) is 5.34. The van der Waals surface area contributed by atoms with Crippen LogP contribution in [0.3, 0.4) is 0 Å². The number of phenolic OH excluding ortho intramolecular Hbond substituents is 1. The normalized spacial score (nSPS) is 21.9. The van der Waals surface area contributed by atoms with Gasteiger partial charge in [-0.15, -0.1) is 0 Å². The smallest absolute Gasteiger partial charge is 0.334 e. The average Bonchev–Trinajstić information content (AvgIpc) is 1.55. The Morgan fingerprint density at radius 2 is 1.17 bits per heavy atom. The van der Waals surface area contributed by atoms with Gasteiger partial charge < -0.3 is 94.5 Å². The quantitative estimate of drug-likeness (QED) is 0.0196. The number of aliphatic hydroxyl groups is 2. The fourth-order valence-corrected chi connectivity index (χ4v) is 12.1. The third-order valence-corrected chi connectivity index (χ3v) is 18.4. The minimum Gasteiger partial charge on any atom is -0.508 e. The first-order chi connectivity index (χ1) is 49.4. The molecule has 11 amide bonds.